The van der Waals surface area contributed by atoms with Gasteiger partial charge < -0.3 is 0 Å². The Balaban J connectivity index is 2.94. The van der Waals surface area contributed by atoms with Crippen LogP contribution in [0.2, 0.25) is 0 Å². The molecule has 0 bridgehead atoms. The minimum Gasteiger partial charge on any atom is -0.277 e. The number of benzene rings is 1. The molecule has 1 N–H and O–H groups in total. The maximum absolute atomic E-state index is 11.3. The summed E-state index contributed by atoms with van der Waals surface area (Å²) in [5.74, 6) is -0.214. The molecule has 1 aromatic carbocycles. The second-order valence-electron chi connectivity index (χ2n) is 3.01. The quantitative estimate of drug-likeness (QED) is 0.700. The van der Waals surface area contributed by atoms with Crippen molar-refractivity contribution in [2.75, 3.05) is 7.11 Å². The van der Waals surface area contributed by atoms with Crippen LogP contribution in [-0.2, 0) is 4.84 Å². The first-order valence-electron chi connectivity index (χ1n) is 4.05. The summed E-state index contributed by atoms with van der Waals surface area (Å²) in [7, 11) is 1.42. The SMILES string of the molecule is CONC(=O)c1cc(C)cc(C)c1. The molecule has 0 aromatic heterocycles. The fraction of sp³-hybridized carbons (Fsp3) is 0.300. The van der Waals surface area contributed by atoms with Crippen LogP contribution in [0.3, 0.4) is 0 Å². The third-order valence-corrected chi connectivity index (χ3v) is 1.68. The maximum atomic E-state index is 11.3. The standard InChI is InChI=1S/C10H13NO2/c1-7-4-8(2)6-9(5-7)10(12)11-13-3/h4-6H,1-3H3,(H,11,12). The molecule has 0 heterocycles. The van der Waals surface area contributed by atoms with E-state index in [1.54, 1.807) is 0 Å². The maximum Gasteiger partial charge on any atom is 0.274 e. The van der Waals surface area contributed by atoms with Crippen molar-refractivity contribution in [2.45, 2.75) is 13.8 Å². The van der Waals surface area contributed by atoms with E-state index in [0.29, 0.717) is 5.56 Å². The second-order valence-corrected chi connectivity index (χ2v) is 3.01. The number of amides is 1. The summed E-state index contributed by atoms with van der Waals surface area (Å²) < 4.78 is 0. The molecule has 0 aliphatic rings. The van der Waals surface area contributed by atoms with Gasteiger partial charge in [0.05, 0.1) is 7.11 Å². The Morgan fingerprint density at radius 2 is 1.77 bits per heavy atom. The molecule has 0 atom stereocenters. The van der Waals surface area contributed by atoms with Crippen LogP contribution in [-0.4, -0.2) is 13.0 Å². The zero-order valence-electron chi connectivity index (χ0n) is 8.05. The van der Waals surface area contributed by atoms with Crippen molar-refractivity contribution >= 4 is 5.91 Å². The summed E-state index contributed by atoms with van der Waals surface area (Å²) in [5, 5.41) is 0. The third-order valence-electron chi connectivity index (χ3n) is 1.68. The Morgan fingerprint density at radius 1 is 1.23 bits per heavy atom. The number of hydrogen-bond donors (Lipinski definition) is 1. The van der Waals surface area contributed by atoms with Crippen LogP contribution in [0.1, 0.15) is 21.5 Å². The highest BCUT2D eigenvalue weighted by Crippen LogP contribution is 2.08. The zero-order chi connectivity index (χ0) is 9.84. The molecule has 0 fully saturated rings. The molecule has 0 saturated heterocycles. The summed E-state index contributed by atoms with van der Waals surface area (Å²) in [5.41, 5.74) is 5.04. The number of rotatable bonds is 2. The third kappa shape index (κ3) is 2.56. The predicted molar refractivity (Wildman–Crippen MR) is 50.4 cm³/mol. The van der Waals surface area contributed by atoms with Gasteiger partial charge in [0.2, 0.25) is 0 Å². The lowest BCUT2D eigenvalue weighted by atomic mass is 10.1. The molecule has 0 saturated carbocycles. The number of carbonyl (C=O) groups excluding carboxylic acids is 1. The average Bonchev–Trinajstić information content (AvgIpc) is 2.03. The van der Waals surface area contributed by atoms with E-state index >= 15 is 0 Å². The van der Waals surface area contributed by atoms with Crippen LogP contribution < -0.4 is 5.48 Å². The van der Waals surface area contributed by atoms with Gasteiger partial charge in [0.15, 0.2) is 0 Å². The summed E-state index contributed by atoms with van der Waals surface area (Å²) in [6.07, 6.45) is 0. The Labute approximate surface area is 77.7 Å². The van der Waals surface area contributed by atoms with Crippen molar-refractivity contribution in [1.29, 1.82) is 0 Å². The number of nitrogens with one attached hydrogen (secondary N) is 1. The van der Waals surface area contributed by atoms with Gasteiger partial charge in [-0.25, -0.2) is 5.48 Å². The Kier molecular flexibility index (Phi) is 3.03. The van der Waals surface area contributed by atoms with E-state index in [4.69, 9.17) is 0 Å². The molecular formula is C10H13NO2. The fourth-order valence-corrected chi connectivity index (χ4v) is 1.26. The van der Waals surface area contributed by atoms with Crippen LogP contribution in [0.15, 0.2) is 18.2 Å². The summed E-state index contributed by atoms with van der Waals surface area (Å²) in [6, 6.07) is 5.66. The van der Waals surface area contributed by atoms with Gasteiger partial charge in [-0.05, 0) is 26.0 Å². The lowest BCUT2D eigenvalue weighted by molar-refractivity contribution is 0.0537. The molecule has 0 spiro atoms. The minimum absolute atomic E-state index is 0.214. The molecule has 70 valence electrons. The first kappa shape index (κ1) is 9.74. The van der Waals surface area contributed by atoms with E-state index in [-0.39, 0.29) is 5.91 Å². The molecule has 1 amide bonds. The predicted octanol–water partition coefficient (Wildman–Crippen LogP) is 1.59. The van der Waals surface area contributed by atoms with Crippen LogP contribution in [0.5, 0.6) is 0 Å². The van der Waals surface area contributed by atoms with E-state index in [9.17, 15) is 4.79 Å². The number of hydrogen-bond acceptors (Lipinski definition) is 2. The van der Waals surface area contributed by atoms with Crippen molar-refractivity contribution in [3.8, 4) is 0 Å². The van der Waals surface area contributed by atoms with Gasteiger partial charge in [-0.1, -0.05) is 17.2 Å². The summed E-state index contributed by atoms with van der Waals surface area (Å²) in [6.45, 7) is 3.91. The van der Waals surface area contributed by atoms with E-state index in [0.717, 1.165) is 11.1 Å². The number of carbonyl (C=O) groups is 1. The van der Waals surface area contributed by atoms with Crippen molar-refractivity contribution in [2.24, 2.45) is 0 Å². The van der Waals surface area contributed by atoms with E-state index in [2.05, 4.69) is 10.3 Å². The molecule has 1 rings (SSSR count). The van der Waals surface area contributed by atoms with E-state index in [1.165, 1.54) is 7.11 Å². The smallest absolute Gasteiger partial charge is 0.274 e. The van der Waals surface area contributed by atoms with E-state index in [1.807, 2.05) is 32.0 Å². The van der Waals surface area contributed by atoms with Gasteiger partial charge in [0.1, 0.15) is 0 Å². The highest BCUT2D eigenvalue weighted by molar-refractivity contribution is 5.93. The summed E-state index contributed by atoms with van der Waals surface area (Å²) >= 11 is 0. The highest BCUT2D eigenvalue weighted by Gasteiger charge is 2.04. The minimum atomic E-state index is -0.214. The van der Waals surface area contributed by atoms with Gasteiger partial charge >= 0.3 is 0 Å². The first-order chi connectivity index (χ1) is 6.13. The lowest BCUT2D eigenvalue weighted by Gasteiger charge is -2.04. The number of aryl methyl sites for hydroxylation is 2. The highest BCUT2D eigenvalue weighted by atomic mass is 16.6. The fourth-order valence-electron chi connectivity index (χ4n) is 1.26. The van der Waals surface area contributed by atoms with Gasteiger partial charge in [0, 0.05) is 5.56 Å². The summed E-state index contributed by atoms with van der Waals surface area (Å²) in [4.78, 5) is 15.9. The molecule has 13 heavy (non-hydrogen) atoms. The van der Waals surface area contributed by atoms with Crippen molar-refractivity contribution in [3.05, 3.63) is 34.9 Å². The van der Waals surface area contributed by atoms with Gasteiger partial charge in [0.25, 0.3) is 5.91 Å². The number of hydroxylamine groups is 1. The van der Waals surface area contributed by atoms with Gasteiger partial charge in [-0.2, -0.15) is 0 Å². The van der Waals surface area contributed by atoms with Crippen LogP contribution >= 0.6 is 0 Å². The Bertz CT molecular complexity index is 300. The van der Waals surface area contributed by atoms with Gasteiger partial charge in [-0.3, -0.25) is 9.63 Å². The van der Waals surface area contributed by atoms with Gasteiger partial charge in [-0.15, -0.1) is 0 Å². The molecule has 1 aromatic rings. The normalized spacial score (nSPS) is 9.77. The van der Waals surface area contributed by atoms with Crippen molar-refractivity contribution in [1.82, 2.24) is 5.48 Å². The van der Waals surface area contributed by atoms with Crippen LogP contribution in [0.25, 0.3) is 0 Å². The van der Waals surface area contributed by atoms with Crippen molar-refractivity contribution in [3.63, 3.8) is 0 Å². The van der Waals surface area contributed by atoms with Crippen LogP contribution in [0.4, 0.5) is 0 Å². The molecule has 3 nitrogen and oxygen atoms in total. The second kappa shape index (κ2) is 4.05. The van der Waals surface area contributed by atoms with E-state index < -0.39 is 0 Å². The topological polar surface area (TPSA) is 38.3 Å². The van der Waals surface area contributed by atoms with Crippen LogP contribution in [0, 0.1) is 13.8 Å². The largest absolute Gasteiger partial charge is 0.277 e. The van der Waals surface area contributed by atoms with Crippen molar-refractivity contribution < 1.29 is 9.63 Å². The molecule has 0 aliphatic heterocycles. The first-order valence-corrected chi connectivity index (χ1v) is 4.05. The molecule has 3 heteroatoms. The Hall–Kier alpha value is -1.35. The molecule has 0 aliphatic carbocycles. The molecular weight excluding hydrogens is 166 g/mol. The average molecular weight is 179 g/mol. The monoisotopic (exact) mass is 179 g/mol. The molecule has 0 radical (unpaired) electrons. The Morgan fingerprint density at radius 3 is 2.23 bits per heavy atom. The zero-order valence-corrected chi connectivity index (χ0v) is 8.05. The molecule has 0 unspecified atom stereocenters. The lowest BCUT2D eigenvalue weighted by Crippen LogP contribution is -2.21.